The van der Waals surface area contributed by atoms with E-state index in [1.54, 1.807) is 0 Å². The van der Waals surface area contributed by atoms with Crippen LogP contribution in [-0.4, -0.2) is 25.4 Å². The molecule has 0 aromatic carbocycles. The van der Waals surface area contributed by atoms with E-state index in [0.717, 1.165) is 13.0 Å². The number of hydrogen-bond donors (Lipinski definition) is 2. The number of ketones is 1. The molecule has 0 aromatic heterocycles. The van der Waals surface area contributed by atoms with Gasteiger partial charge >= 0.3 is 0 Å². The third-order valence-corrected chi connectivity index (χ3v) is 3.67. The van der Waals surface area contributed by atoms with Crippen molar-refractivity contribution >= 4 is 5.78 Å². The molecule has 0 saturated heterocycles. The Morgan fingerprint density at radius 3 is 2.56 bits per heavy atom. The Hall–Kier alpha value is -0.830. The normalized spacial score (nSPS) is 22.6. The third-order valence-electron chi connectivity index (χ3n) is 3.67. The van der Waals surface area contributed by atoms with Gasteiger partial charge in [-0.2, -0.15) is 0 Å². The van der Waals surface area contributed by atoms with Gasteiger partial charge in [0.1, 0.15) is 5.78 Å². The number of likely N-dealkylation sites (N-methyl/N-ethyl adjacent to an activating group) is 1. The molecule has 0 spiro atoms. The maximum atomic E-state index is 11.9. The predicted molar refractivity (Wildman–Crippen MR) is 76.4 cm³/mol. The van der Waals surface area contributed by atoms with Gasteiger partial charge in [-0.05, 0) is 13.5 Å². The van der Waals surface area contributed by atoms with Gasteiger partial charge in [0.15, 0.2) is 0 Å². The number of carbonyl (C=O) groups excluding carboxylic acids is 1. The van der Waals surface area contributed by atoms with Crippen molar-refractivity contribution < 1.29 is 4.79 Å². The third kappa shape index (κ3) is 3.84. The first-order valence-corrected chi connectivity index (χ1v) is 6.83. The second kappa shape index (κ2) is 5.43. The lowest BCUT2D eigenvalue weighted by Gasteiger charge is -2.26. The molecule has 1 rings (SSSR count). The Balaban J connectivity index is 2.53. The summed E-state index contributed by atoms with van der Waals surface area (Å²) in [5.74, 6) is 0.333. The van der Waals surface area contributed by atoms with E-state index in [0.29, 0.717) is 18.2 Å². The monoisotopic (exact) mass is 252 g/mol. The molecule has 0 fully saturated rings. The molecule has 1 atom stereocenters. The number of allylic oxidation sites excluding steroid dienone is 1. The molecule has 0 radical (unpaired) electrons. The van der Waals surface area contributed by atoms with E-state index in [9.17, 15) is 4.79 Å². The van der Waals surface area contributed by atoms with Crippen molar-refractivity contribution in [2.75, 3.05) is 13.6 Å². The maximum Gasteiger partial charge on any atom is 0.138 e. The predicted octanol–water partition coefficient (Wildman–Crippen LogP) is 2.48. The summed E-state index contributed by atoms with van der Waals surface area (Å²) < 4.78 is 0. The van der Waals surface area contributed by atoms with Crippen molar-refractivity contribution in [1.82, 2.24) is 10.6 Å². The van der Waals surface area contributed by atoms with Crippen LogP contribution >= 0.6 is 0 Å². The van der Waals surface area contributed by atoms with E-state index < -0.39 is 0 Å². The highest BCUT2D eigenvalue weighted by molar-refractivity contribution is 5.83. The summed E-state index contributed by atoms with van der Waals surface area (Å²) in [6, 6.07) is 0.419. The van der Waals surface area contributed by atoms with Gasteiger partial charge in [-0.1, -0.05) is 40.7 Å². The van der Waals surface area contributed by atoms with Crippen LogP contribution in [0, 0.1) is 10.8 Å². The first-order chi connectivity index (χ1) is 8.16. The van der Waals surface area contributed by atoms with Crippen molar-refractivity contribution in [3.63, 3.8) is 0 Å². The molecule has 1 heterocycles. The van der Waals surface area contributed by atoms with Crippen LogP contribution in [0.15, 0.2) is 11.8 Å². The quantitative estimate of drug-likeness (QED) is 0.790. The van der Waals surface area contributed by atoms with Gasteiger partial charge in [0.2, 0.25) is 0 Å². The fourth-order valence-corrected chi connectivity index (χ4v) is 2.29. The summed E-state index contributed by atoms with van der Waals surface area (Å²) >= 11 is 0. The lowest BCUT2D eigenvalue weighted by molar-refractivity contribution is -0.126. The van der Waals surface area contributed by atoms with E-state index in [1.165, 1.54) is 5.70 Å². The Morgan fingerprint density at radius 1 is 1.44 bits per heavy atom. The van der Waals surface area contributed by atoms with E-state index >= 15 is 0 Å². The zero-order chi connectivity index (χ0) is 14.0. The van der Waals surface area contributed by atoms with Crippen molar-refractivity contribution in [2.45, 2.75) is 53.5 Å². The minimum atomic E-state index is -0.223. The Kier molecular flexibility index (Phi) is 4.60. The number of Topliss-reactive ketones (excluding diaryl/α,β-unsaturated/α-hetero) is 1. The van der Waals surface area contributed by atoms with Gasteiger partial charge in [0, 0.05) is 35.5 Å². The zero-order valence-corrected chi connectivity index (χ0v) is 12.7. The van der Waals surface area contributed by atoms with Crippen LogP contribution in [-0.2, 0) is 4.79 Å². The highest BCUT2D eigenvalue weighted by atomic mass is 16.1. The average molecular weight is 252 g/mol. The second-order valence-electron chi connectivity index (χ2n) is 6.92. The van der Waals surface area contributed by atoms with Crippen LogP contribution in [0.3, 0.4) is 0 Å². The summed E-state index contributed by atoms with van der Waals surface area (Å²) in [6.45, 7) is 11.4. The van der Waals surface area contributed by atoms with Crippen LogP contribution in [0.1, 0.15) is 47.5 Å². The minimum Gasteiger partial charge on any atom is -0.384 e. The molecule has 104 valence electrons. The zero-order valence-electron chi connectivity index (χ0n) is 12.7. The molecule has 0 bridgehead atoms. The molecule has 0 aliphatic carbocycles. The van der Waals surface area contributed by atoms with E-state index in [4.69, 9.17) is 0 Å². The smallest absolute Gasteiger partial charge is 0.138 e. The van der Waals surface area contributed by atoms with Crippen LogP contribution in [0.5, 0.6) is 0 Å². The Bertz CT molecular complexity index is 337. The van der Waals surface area contributed by atoms with Crippen molar-refractivity contribution in [3.05, 3.63) is 11.8 Å². The van der Waals surface area contributed by atoms with Gasteiger partial charge in [0.25, 0.3) is 0 Å². The molecule has 0 saturated carbocycles. The summed E-state index contributed by atoms with van der Waals surface area (Å²) in [7, 11) is 1.97. The lowest BCUT2D eigenvalue weighted by atomic mass is 9.86. The summed E-state index contributed by atoms with van der Waals surface area (Å²) in [5.41, 5.74) is 1.15. The summed E-state index contributed by atoms with van der Waals surface area (Å²) in [6.07, 6.45) is 3.75. The average Bonchev–Trinajstić information content (AvgIpc) is 2.49. The van der Waals surface area contributed by atoms with E-state index in [2.05, 4.69) is 30.6 Å². The molecule has 1 aliphatic rings. The number of carbonyl (C=O) groups is 1. The van der Waals surface area contributed by atoms with Gasteiger partial charge in [-0.3, -0.25) is 4.79 Å². The van der Waals surface area contributed by atoms with Crippen LogP contribution in [0.4, 0.5) is 0 Å². The van der Waals surface area contributed by atoms with Gasteiger partial charge in [0.05, 0.1) is 0 Å². The lowest BCUT2D eigenvalue weighted by Crippen LogP contribution is -2.41. The Labute approximate surface area is 111 Å². The standard InChI is InChI=1S/C15H28N2O/c1-14(2,3)13(18)8-7-11-9-15(4,5)12(17-11)10-16-6/h9,12,16-17H,7-8,10H2,1-6H3. The first-order valence-electron chi connectivity index (χ1n) is 6.83. The van der Waals surface area contributed by atoms with Crippen molar-refractivity contribution in [2.24, 2.45) is 10.8 Å². The molecule has 0 amide bonds. The molecule has 1 aliphatic heterocycles. The topological polar surface area (TPSA) is 41.1 Å². The molecule has 1 unspecified atom stereocenters. The van der Waals surface area contributed by atoms with Crippen molar-refractivity contribution in [3.8, 4) is 0 Å². The van der Waals surface area contributed by atoms with Crippen LogP contribution in [0.2, 0.25) is 0 Å². The number of nitrogens with one attached hydrogen (secondary N) is 2. The second-order valence-corrected chi connectivity index (χ2v) is 6.92. The molecule has 3 nitrogen and oxygen atoms in total. The molecular weight excluding hydrogens is 224 g/mol. The molecule has 3 heteroatoms. The Morgan fingerprint density at radius 2 is 2.06 bits per heavy atom. The molecule has 18 heavy (non-hydrogen) atoms. The van der Waals surface area contributed by atoms with Gasteiger partial charge < -0.3 is 10.6 Å². The highest BCUT2D eigenvalue weighted by Gasteiger charge is 2.33. The largest absolute Gasteiger partial charge is 0.384 e. The fraction of sp³-hybridized carbons (Fsp3) is 0.800. The van der Waals surface area contributed by atoms with E-state index in [1.807, 2.05) is 27.8 Å². The fourth-order valence-electron chi connectivity index (χ4n) is 2.29. The minimum absolute atomic E-state index is 0.156. The molecule has 0 aromatic rings. The molecular formula is C15H28N2O. The summed E-state index contributed by atoms with van der Waals surface area (Å²) in [4.78, 5) is 11.9. The number of hydrogen-bond acceptors (Lipinski definition) is 3. The van der Waals surface area contributed by atoms with Crippen LogP contribution in [0.25, 0.3) is 0 Å². The van der Waals surface area contributed by atoms with Gasteiger partial charge in [-0.25, -0.2) is 0 Å². The van der Waals surface area contributed by atoms with Gasteiger partial charge in [-0.15, -0.1) is 0 Å². The first kappa shape index (κ1) is 15.2. The number of rotatable bonds is 5. The SMILES string of the molecule is CNCC1NC(CCC(=O)C(C)(C)C)=CC1(C)C. The highest BCUT2D eigenvalue weighted by Crippen LogP contribution is 2.31. The van der Waals surface area contributed by atoms with Crippen molar-refractivity contribution in [1.29, 1.82) is 0 Å². The molecule has 2 N–H and O–H groups in total. The van der Waals surface area contributed by atoms with Crippen LogP contribution < -0.4 is 10.6 Å². The van der Waals surface area contributed by atoms with E-state index in [-0.39, 0.29) is 10.8 Å². The summed E-state index contributed by atoms with van der Waals surface area (Å²) in [5, 5.41) is 6.75. The maximum absolute atomic E-state index is 11.9.